The van der Waals surface area contributed by atoms with Crippen molar-refractivity contribution in [2.75, 3.05) is 18.4 Å². The van der Waals surface area contributed by atoms with E-state index in [0.717, 1.165) is 42.9 Å². The van der Waals surface area contributed by atoms with Gasteiger partial charge in [-0.2, -0.15) is 4.72 Å². The zero-order valence-electron chi connectivity index (χ0n) is 19.9. The van der Waals surface area contributed by atoms with Crippen molar-refractivity contribution < 1.29 is 28.0 Å². The molecule has 1 amide bonds. The second kappa shape index (κ2) is 11.6. The quantitative estimate of drug-likeness (QED) is 0.356. The summed E-state index contributed by atoms with van der Waals surface area (Å²) in [6, 6.07) is 10.2. The van der Waals surface area contributed by atoms with Gasteiger partial charge < -0.3 is 15.3 Å². The van der Waals surface area contributed by atoms with E-state index in [1.165, 1.54) is 18.2 Å². The van der Waals surface area contributed by atoms with E-state index in [1.807, 2.05) is 18.2 Å². The number of sulfonamides is 1. The number of hydrogen-bond acceptors (Lipinski definition) is 8. The van der Waals surface area contributed by atoms with E-state index in [4.69, 9.17) is 4.84 Å². The highest BCUT2D eigenvalue weighted by atomic mass is 79.9. The summed E-state index contributed by atoms with van der Waals surface area (Å²) in [5, 5.41) is 17.1. The zero-order chi connectivity index (χ0) is 26.5. The molecule has 3 N–H and O–H groups in total. The van der Waals surface area contributed by atoms with Crippen LogP contribution in [0.3, 0.4) is 0 Å². The van der Waals surface area contributed by atoms with Crippen LogP contribution in [0.5, 0.6) is 0 Å². The van der Waals surface area contributed by atoms with Crippen molar-refractivity contribution in [3.8, 4) is 0 Å². The molecule has 4 rings (SSSR count). The fourth-order valence-corrected chi connectivity index (χ4v) is 6.72. The standard InChI is InChI=1S/C24H28BrN5O6S/c25-18-5-1-2-6-20(18)37(34,35)29-19(23(32)33)15-30(16-31)22-13-24(36-28-22)10-8-17(9-11-24)14-27-21-7-3-4-12-26-21/h1-7,12,16-17,19,29H,8-11,13-15H2,(H,26,27)(H,32,33)/t17?,19-,24?/m0/s1. The average molecular weight is 594 g/mol. The lowest BCUT2D eigenvalue weighted by Crippen LogP contribution is -2.50. The zero-order valence-corrected chi connectivity index (χ0v) is 22.3. The SMILES string of the molecule is O=CN(C[C@H](NS(=O)(=O)c1ccccc1Br)C(=O)O)C1=NOC2(CCC(CNc3ccccn3)CC2)C1. The van der Waals surface area contributed by atoms with Gasteiger partial charge in [0.25, 0.3) is 0 Å². The first kappa shape index (κ1) is 27.0. The smallest absolute Gasteiger partial charge is 0.323 e. The molecule has 2 aromatic rings. The number of halogens is 1. The van der Waals surface area contributed by atoms with E-state index >= 15 is 0 Å². The molecule has 0 radical (unpaired) electrons. The molecule has 1 atom stereocenters. The molecule has 1 aliphatic heterocycles. The van der Waals surface area contributed by atoms with Crippen LogP contribution in [-0.2, 0) is 24.4 Å². The lowest BCUT2D eigenvalue weighted by atomic mass is 9.77. The van der Waals surface area contributed by atoms with Gasteiger partial charge in [0.2, 0.25) is 16.4 Å². The Balaban J connectivity index is 1.34. The summed E-state index contributed by atoms with van der Waals surface area (Å²) in [4.78, 5) is 34.8. The van der Waals surface area contributed by atoms with E-state index in [0.29, 0.717) is 23.2 Å². The molecule has 0 unspecified atom stereocenters. The molecule has 1 aromatic carbocycles. The summed E-state index contributed by atoms with van der Waals surface area (Å²) in [5.41, 5.74) is -0.550. The summed E-state index contributed by atoms with van der Waals surface area (Å²) < 4.78 is 28.1. The van der Waals surface area contributed by atoms with Crippen molar-refractivity contribution >= 4 is 50.0 Å². The van der Waals surface area contributed by atoms with Crippen molar-refractivity contribution in [2.45, 2.75) is 48.6 Å². The number of carboxylic acid groups (broad SMARTS) is 1. The Bertz CT molecular complexity index is 1250. The van der Waals surface area contributed by atoms with E-state index < -0.39 is 34.2 Å². The van der Waals surface area contributed by atoms with E-state index in [1.54, 1.807) is 12.3 Å². The number of aromatic nitrogens is 1. The molecule has 1 aliphatic carbocycles. The number of nitrogens with zero attached hydrogens (tertiary/aromatic N) is 3. The number of oxime groups is 1. The maximum atomic E-state index is 12.8. The predicted octanol–water partition coefficient (Wildman–Crippen LogP) is 2.81. The van der Waals surface area contributed by atoms with Crippen molar-refractivity contribution in [1.82, 2.24) is 14.6 Å². The predicted molar refractivity (Wildman–Crippen MR) is 139 cm³/mol. The second-order valence-electron chi connectivity index (χ2n) is 9.20. The Kier molecular flexibility index (Phi) is 8.45. The van der Waals surface area contributed by atoms with E-state index in [-0.39, 0.29) is 10.7 Å². The van der Waals surface area contributed by atoms with Gasteiger partial charge in [0, 0.05) is 17.2 Å². The van der Waals surface area contributed by atoms with Gasteiger partial charge >= 0.3 is 5.97 Å². The summed E-state index contributed by atoms with van der Waals surface area (Å²) in [6.07, 6.45) is 5.79. The average Bonchev–Trinajstić information content (AvgIpc) is 3.30. The van der Waals surface area contributed by atoms with Crippen molar-refractivity contribution in [3.63, 3.8) is 0 Å². The van der Waals surface area contributed by atoms with Gasteiger partial charge in [-0.15, -0.1) is 0 Å². The first-order valence-corrected chi connectivity index (χ1v) is 14.1. The molecule has 37 heavy (non-hydrogen) atoms. The Morgan fingerprint density at radius 1 is 1.24 bits per heavy atom. The molecule has 0 saturated heterocycles. The summed E-state index contributed by atoms with van der Waals surface area (Å²) >= 11 is 3.17. The number of carbonyl (C=O) groups is 2. The molecular formula is C24H28BrN5O6S. The minimum atomic E-state index is -4.17. The number of nitrogens with one attached hydrogen (secondary N) is 2. The lowest BCUT2D eigenvalue weighted by Gasteiger charge is -2.35. The minimum absolute atomic E-state index is 0.103. The molecule has 1 aromatic heterocycles. The molecule has 1 saturated carbocycles. The molecule has 198 valence electrons. The summed E-state index contributed by atoms with van der Waals surface area (Å²) in [6.45, 7) is 0.358. The Hall–Kier alpha value is -3.03. The topological polar surface area (TPSA) is 150 Å². The van der Waals surface area contributed by atoms with Crippen LogP contribution in [0.1, 0.15) is 32.1 Å². The fraction of sp³-hybridized carbons (Fsp3) is 0.417. The largest absolute Gasteiger partial charge is 0.480 e. The molecule has 2 heterocycles. The van der Waals surface area contributed by atoms with Crippen LogP contribution in [0.4, 0.5) is 5.82 Å². The van der Waals surface area contributed by atoms with Crippen LogP contribution < -0.4 is 10.0 Å². The number of benzene rings is 1. The van der Waals surface area contributed by atoms with Gasteiger partial charge in [0.05, 0.1) is 17.9 Å². The third kappa shape index (κ3) is 6.65. The normalized spacial score (nSPS) is 22.1. The number of amides is 1. The minimum Gasteiger partial charge on any atom is -0.480 e. The van der Waals surface area contributed by atoms with Gasteiger partial charge in [-0.1, -0.05) is 23.4 Å². The summed E-state index contributed by atoms with van der Waals surface area (Å²) in [7, 11) is -4.17. The van der Waals surface area contributed by atoms with Crippen LogP contribution in [0, 0.1) is 5.92 Å². The number of pyridine rings is 1. The first-order valence-electron chi connectivity index (χ1n) is 11.8. The van der Waals surface area contributed by atoms with Gasteiger partial charge in [-0.25, -0.2) is 13.4 Å². The molecule has 13 heteroatoms. The number of carboxylic acids is 1. The number of carbonyl (C=O) groups excluding carboxylic acids is 1. The first-order chi connectivity index (χ1) is 17.7. The van der Waals surface area contributed by atoms with E-state index in [2.05, 4.69) is 36.1 Å². The molecule has 11 nitrogen and oxygen atoms in total. The lowest BCUT2D eigenvalue weighted by molar-refractivity contribution is -0.139. The number of aliphatic carboxylic acids is 1. The van der Waals surface area contributed by atoms with Crippen molar-refractivity contribution in [1.29, 1.82) is 0 Å². The van der Waals surface area contributed by atoms with Gasteiger partial charge in [0.15, 0.2) is 5.84 Å². The van der Waals surface area contributed by atoms with Gasteiger partial charge in [-0.3, -0.25) is 14.5 Å². The second-order valence-corrected chi connectivity index (χ2v) is 11.7. The Morgan fingerprint density at radius 3 is 2.62 bits per heavy atom. The van der Waals surface area contributed by atoms with Crippen molar-refractivity contribution in [2.24, 2.45) is 11.1 Å². The van der Waals surface area contributed by atoms with E-state index in [9.17, 15) is 23.1 Å². The molecular weight excluding hydrogens is 566 g/mol. The molecule has 1 fully saturated rings. The number of amidine groups is 1. The Labute approximate surface area is 223 Å². The maximum absolute atomic E-state index is 12.8. The highest BCUT2D eigenvalue weighted by Crippen LogP contribution is 2.41. The van der Waals surface area contributed by atoms with Gasteiger partial charge in [-0.05, 0) is 71.8 Å². The number of rotatable bonds is 10. The van der Waals surface area contributed by atoms with Crippen LogP contribution in [0.15, 0.2) is 63.2 Å². The monoisotopic (exact) mass is 593 g/mol. The van der Waals surface area contributed by atoms with Gasteiger partial charge in [0.1, 0.15) is 17.5 Å². The van der Waals surface area contributed by atoms with Crippen molar-refractivity contribution in [3.05, 3.63) is 53.1 Å². The summed E-state index contributed by atoms with van der Waals surface area (Å²) in [5.74, 6) is 0.130. The van der Waals surface area contributed by atoms with Crippen LogP contribution in [-0.4, -0.2) is 66.4 Å². The molecule has 1 spiro atoms. The number of hydrogen-bond donors (Lipinski definition) is 3. The Morgan fingerprint density at radius 2 is 1.97 bits per heavy atom. The molecule has 2 aliphatic rings. The van der Waals surface area contributed by atoms with Crippen LogP contribution in [0.25, 0.3) is 0 Å². The number of anilines is 1. The van der Waals surface area contributed by atoms with Crippen LogP contribution >= 0.6 is 15.9 Å². The fourth-order valence-electron chi connectivity index (χ4n) is 4.53. The highest BCUT2D eigenvalue weighted by Gasteiger charge is 2.44. The third-order valence-corrected chi connectivity index (χ3v) is 9.12. The molecule has 0 bridgehead atoms. The van der Waals surface area contributed by atoms with Crippen LogP contribution in [0.2, 0.25) is 0 Å². The third-order valence-electron chi connectivity index (χ3n) is 6.64. The maximum Gasteiger partial charge on any atom is 0.323 e. The highest BCUT2D eigenvalue weighted by molar-refractivity contribution is 9.10.